The second-order valence-corrected chi connectivity index (χ2v) is 6.07. The van der Waals surface area contributed by atoms with Crippen LogP contribution in [0, 0.1) is 0 Å². The Hall–Kier alpha value is -1.92. The Kier molecular flexibility index (Phi) is 11.4. The third kappa shape index (κ3) is 8.10. The van der Waals surface area contributed by atoms with E-state index >= 15 is 0 Å². The number of carbonyl (C=O) groups is 2. The lowest BCUT2D eigenvalue weighted by atomic mass is 10.0. The van der Waals surface area contributed by atoms with Gasteiger partial charge in [0.05, 0.1) is 30.9 Å². The third-order valence-corrected chi connectivity index (χ3v) is 3.95. The number of aryl methyl sites for hydroxylation is 1. The molecule has 0 fully saturated rings. The van der Waals surface area contributed by atoms with E-state index in [0.717, 1.165) is 24.8 Å². The highest BCUT2D eigenvalue weighted by atomic mass is 16.6. The van der Waals surface area contributed by atoms with E-state index in [-0.39, 0.29) is 24.3 Å². The summed E-state index contributed by atoms with van der Waals surface area (Å²) in [5.74, 6) is -1.08. The van der Waals surface area contributed by atoms with Crippen LogP contribution in [-0.2, 0) is 25.4 Å². The molecular formula is C21H32O6. The Morgan fingerprint density at radius 1 is 0.926 bits per heavy atom. The average molecular weight is 380 g/mol. The van der Waals surface area contributed by atoms with Crippen molar-refractivity contribution in [2.75, 3.05) is 33.0 Å². The average Bonchev–Trinajstić information content (AvgIpc) is 2.69. The van der Waals surface area contributed by atoms with Gasteiger partial charge in [-0.3, -0.25) is 0 Å². The molecule has 0 aromatic heterocycles. The van der Waals surface area contributed by atoms with Gasteiger partial charge in [0.25, 0.3) is 0 Å². The van der Waals surface area contributed by atoms with Gasteiger partial charge in [-0.15, -0.1) is 0 Å². The van der Waals surface area contributed by atoms with Gasteiger partial charge in [-0.05, 0) is 44.4 Å². The maximum atomic E-state index is 12.7. The number of unbranched alkanes of at least 4 members (excludes halogenated alkanes) is 1. The van der Waals surface area contributed by atoms with Gasteiger partial charge in [0.15, 0.2) is 0 Å². The van der Waals surface area contributed by atoms with Gasteiger partial charge >= 0.3 is 11.9 Å². The number of hydrogen-bond acceptors (Lipinski definition) is 6. The number of esters is 2. The van der Waals surface area contributed by atoms with E-state index in [2.05, 4.69) is 0 Å². The molecule has 1 rings (SSSR count). The normalized spacial score (nSPS) is 10.9. The lowest BCUT2D eigenvalue weighted by molar-refractivity contribution is -0.0364. The molecule has 27 heavy (non-hydrogen) atoms. The van der Waals surface area contributed by atoms with Crippen molar-refractivity contribution in [3.63, 3.8) is 0 Å². The third-order valence-electron chi connectivity index (χ3n) is 3.95. The second kappa shape index (κ2) is 13.3. The molecule has 0 unspecified atom stereocenters. The molecule has 0 saturated heterocycles. The fourth-order valence-corrected chi connectivity index (χ4v) is 2.37. The summed E-state index contributed by atoms with van der Waals surface area (Å²) in [6.45, 7) is 9.58. The van der Waals surface area contributed by atoms with Gasteiger partial charge in [-0.1, -0.05) is 26.3 Å². The largest absolute Gasteiger partial charge is 0.462 e. The van der Waals surface area contributed by atoms with Crippen molar-refractivity contribution in [2.45, 2.75) is 53.1 Å². The summed E-state index contributed by atoms with van der Waals surface area (Å²) in [5.41, 5.74) is 1.39. The maximum absolute atomic E-state index is 12.7. The van der Waals surface area contributed by atoms with Crippen LogP contribution in [0.25, 0.3) is 0 Å². The molecule has 0 aliphatic carbocycles. The number of rotatable bonds is 13. The van der Waals surface area contributed by atoms with Crippen molar-refractivity contribution in [1.82, 2.24) is 0 Å². The Morgan fingerprint density at radius 2 is 1.59 bits per heavy atom. The SMILES string of the molecule is CCCCOC(=O)c1cc(CC)ccc1C(=O)OC(COCC)COCC. The zero-order valence-corrected chi connectivity index (χ0v) is 16.9. The zero-order chi connectivity index (χ0) is 20.1. The van der Waals surface area contributed by atoms with Gasteiger partial charge in [-0.2, -0.15) is 0 Å². The fraction of sp³-hybridized carbons (Fsp3) is 0.619. The number of benzene rings is 1. The molecule has 0 aliphatic rings. The number of carbonyl (C=O) groups excluding carboxylic acids is 2. The standard InChI is InChI=1S/C21H32O6/c1-5-9-12-26-20(22)19-13-16(6-2)10-11-18(19)21(23)27-17(14-24-7-3)15-25-8-4/h10-11,13,17H,5-9,12,14-15H2,1-4H3. The smallest absolute Gasteiger partial charge is 0.339 e. The van der Waals surface area contributed by atoms with E-state index in [1.807, 2.05) is 33.8 Å². The van der Waals surface area contributed by atoms with Crippen LogP contribution in [0.5, 0.6) is 0 Å². The lowest BCUT2D eigenvalue weighted by Crippen LogP contribution is -2.29. The van der Waals surface area contributed by atoms with Crippen LogP contribution < -0.4 is 0 Å². The summed E-state index contributed by atoms with van der Waals surface area (Å²) >= 11 is 0. The molecule has 1 aromatic carbocycles. The predicted octanol–water partition coefficient (Wildman–Crippen LogP) is 3.80. The molecule has 0 radical (unpaired) electrons. The van der Waals surface area contributed by atoms with E-state index < -0.39 is 18.0 Å². The summed E-state index contributed by atoms with van der Waals surface area (Å²) in [4.78, 5) is 25.2. The first-order valence-electron chi connectivity index (χ1n) is 9.73. The van der Waals surface area contributed by atoms with Crippen molar-refractivity contribution < 1.29 is 28.5 Å². The predicted molar refractivity (Wildman–Crippen MR) is 103 cm³/mol. The highest BCUT2D eigenvalue weighted by Gasteiger charge is 2.23. The molecule has 0 atom stereocenters. The molecule has 0 saturated carbocycles. The first-order chi connectivity index (χ1) is 13.1. The number of hydrogen-bond donors (Lipinski definition) is 0. The summed E-state index contributed by atoms with van der Waals surface area (Å²) in [7, 11) is 0. The maximum Gasteiger partial charge on any atom is 0.339 e. The van der Waals surface area contributed by atoms with Crippen LogP contribution >= 0.6 is 0 Å². The topological polar surface area (TPSA) is 71.1 Å². The molecule has 0 N–H and O–H groups in total. The van der Waals surface area contributed by atoms with Crippen LogP contribution in [0.1, 0.15) is 66.8 Å². The van der Waals surface area contributed by atoms with E-state index in [1.54, 1.807) is 12.1 Å². The summed E-state index contributed by atoms with van der Waals surface area (Å²) in [5, 5.41) is 0. The van der Waals surface area contributed by atoms with Crippen molar-refractivity contribution in [3.8, 4) is 0 Å². The Morgan fingerprint density at radius 3 is 2.15 bits per heavy atom. The first kappa shape index (κ1) is 23.1. The van der Waals surface area contributed by atoms with Crippen LogP contribution in [-0.4, -0.2) is 51.1 Å². The first-order valence-corrected chi connectivity index (χ1v) is 9.73. The lowest BCUT2D eigenvalue weighted by Gasteiger charge is -2.18. The molecule has 0 heterocycles. The fourth-order valence-electron chi connectivity index (χ4n) is 2.37. The second-order valence-electron chi connectivity index (χ2n) is 6.07. The quantitative estimate of drug-likeness (QED) is 0.383. The molecule has 6 heteroatoms. The monoisotopic (exact) mass is 380 g/mol. The minimum Gasteiger partial charge on any atom is -0.462 e. The summed E-state index contributed by atoms with van der Waals surface area (Å²) in [6.07, 6.45) is 1.92. The van der Waals surface area contributed by atoms with E-state index in [0.29, 0.717) is 19.8 Å². The minimum absolute atomic E-state index is 0.201. The molecule has 0 spiro atoms. The highest BCUT2D eigenvalue weighted by Crippen LogP contribution is 2.17. The molecule has 152 valence electrons. The van der Waals surface area contributed by atoms with Crippen molar-refractivity contribution >= 4 is 11.9 Å². The van der Waals surface area contributed by atoms with Gasteiger partial charge in [0, 0.05) is 13.2 Å². The van der Waals surface area contributed by atoms with Gasteiger partial charge < -0.3 is 18.9 Å². The molecule has 0 bridgehead atoms. The highest BCUT2D eigenvalue weighted by molar-refractivity contribution is 6.03. The van der Waals surface area contributed by atoms with E-state index in [1.165, 1.54) is 0 Å². The van der Waals surface area contributed by atoms with Gasteiger partial charge in [0.2, 0.25) is 0 Å². The van der Waals surface area contributed by atoms with Crippen LogP contribution in [0.2, 0.25) is 0 Å². The van der Waals surface area contributed by atoms with Gasteiger partial charge in [0.1, 0.15) is 6.10 Å². The molecule has 0 aliphatic heterocycles. The molecule has 1 aromatic rings. The molecular weight excluding hydrogens is 348 g/mol. The Balaban J connectivity index is 2.96. The van der Waals surface area contributed by atoms with Crippen molar-refractivity contribution in [3.05, 3.63) is 34.9 Å². The van der Waals surface area contributed by atoms with E-state index in [9.17, 15) is 9.59 Å². The Labute approximate surface area is 162 Å². The zero-order valence-electron chi connectivity index (χ0n) is 16.9. The van der Waals surface area contributed by atoms with Crippen molar-refractivity contribution in [2.24, 2.45) is 0 Å². The molecule has 0 amide bonds. The van der Waals surface area contributed by atoms with Crippen LogP contribution in [0.3, 0.4) is 0 Å². The number of ether oxygens (including phenoxy) is 4. The molecule has 6 nitrogen and oxygen atoms in total. The van der Waals surface area contributed by atoms with Crippen LogP contribution in [0.15, 0.2) is 18.2 Å². The summed E-state index contributed by atoms with van der Waals surface area (Å²) < 4.78 is 21.6. The van der Waals surface area contributed by atoms with Crippen LogP contribution in [0.4, 0.5) is 0 Å². The summed E-state index contributed by atoms with van der Waals surface area (Å²) in [6, 6.07) is 5.14. The Bertz CT molecular complexity index is 576. The minimum atomic E-state index is -0.579. The van der Waals surface area contributed by atoms with Gasteiger partial charge in [-0.25, -0.2) is 9.59 Å². The van der Waals surface area contributed by atoms with Crippen molar-refractivity contribution in [1.29, 1.82) is 0 Å². The van der Waals surface area contributed by atoms with E-state index in [4.69, 9.17) is 18.9 Å².